The summed E-state index contributed by atoms with van der Waals surface area (Å²) in [4.78, 5) is 23.0. The Kier molecular flexibility index (Phi) is 4.54. The zero-order valence-electron chi connectivity index (χ0n) is 11.2. The molecule has 4 nitrogen and oxygen atoms in total. The van der Waals surface area contributed by atoms with Crippen LogP contribution >= 0.6 is 0 Å². The van der Waals surface area contributed by atoms with E-state index in [2.05, 4.69) is 5.32 Å². The second kappa shape index (κ2) is 5.52. The van der Waals surface area contributed by atoms with E-state index < -0.39 is 11.7 Å². The van der Waals surface area contributed by atoms with Crippen LogP contribution in [0.15, 0.2) is 0 Å². The first-order valence-electron chi connectivity index (χ1n) is 6.27. The Balaban J connectivity index is 2.36. The van der Waals surface area contributed by atoms with Gasteiger partial charge < -0.3 is 10.1 Å². The van der Waals surface area contributed by atoms with Crippen molar-refractivity contribution in [2.45, 2.75) is 52.6 Å². The average Bonchev–Trinajstić information content (AvgIpc) is 2.04. The highest BCUT2D eigenvalue weighted by Gasteiger charge is 2.31. The molecule has 1 N–H and O–H groups in total. The maximum absolute atomic E-state index is 11.5. The van der Waals surface area contributed by atoms with Crippen LogP contribution in [-0.2, 0) is 9.53 Å². The first-order valence-corrected chi connectivity index (χ1v) is 6.27. The summed E-state index contributed by atoms with van der Waals surface area (Å²) in [6.45, 7) is 7.46. The third kappa shape index (κ3) is 4.75. The first-order chi connectivity index (χ1) is 7.79. The summed E-state index contributed by atoms with van der Waals surface area (Å²) in [6, 6.07) is 0. The van der Waals surface area contributed by atoms with Gasteiger partial charge in [0, 0.05) is 12.5 Å². The molecular weight excluding hydrogens is 218 g/mol. The number of ether oxygens (including phenoxy) is 1. The van der Waals surface area contributed by atoms with Gasteiger partial charge in [0.25, 0.3) is 0 Å². The maximum atomic E-state index is 11.5. The lowest BCUT2D eigenvalue weighted by Gasteiger charge is -2.32. The van der Waals surface area contributed by atoms with Crippen molar-refractivity contribution >= 4 is 11.9 Å². The summed E-state index contributed by atoms with van der Waals surface area (Å²) >= 11 is 0. The highest BCUT2D eigenvalue weighted by Crippen LogP contribution is 2.33. The van der Waals surface area contributed by atoms with Gasteiger partial charge in [-0.1, -0.05) is 6.42 Å². The number of amides is 1. The topological polar surface area (TPSA) is 55.4 Å². The number of hydrogen-bond donors (Lipinski definition) is 1. The van der Waals surface area contributed by atoms with Crippen LogP contribution in [0.4, 0.5) is 4.79 Å². The van der Waals surface area contributed by atoms with Crippen molar-refractivity contribution in [3.8, 4) is 0 Å². The van der Waals surface area contributed by atoms with Crippen LogP contribution in [0.25, 0.3) is 0 Å². The molecule has 4 heteroatoms. The van der Waals surface area contributed by atoms with Gasteiger partial charge >= 0.3 is 6.09 Å². The van der Waals surface area contributed by atoms with E-state index in [9.17, 15) is 9.59 Å². The van der Waals surface area contributed by atoms with Gasteiger partial charge in [0.05, 0.1) is 0 Å². The van der Waals surface area contributed by atoms with Gasteiger partial charge in [0.15, 0.2) is 0 Å². The van der Waals surface area contributed by atoms with Crippen LogP contribution in [0.5, 0.6) is 0 Å². The molecule has 98 valence electrons. The molecule has 1 aliphatic rings. The highest BCUT2D eigenvalue weighted by molar-refractivity contribution is 5.79. The minimum Gasteiger partial charge on any atom is -0.444 e. The van der Waals surface area contributed by atoms with Crippen LogP contribution in [0, 0.1) is 11.8 Å². The number of nitrogens with one attached hydrogen (secondary N) is 1. The van der Waals surface area contributed by atoms with Gasteiger partial charge in [-0.2, -0.15) is 0 Å². The molecule has 0 radical (unpaired) electrons. The molecule has 1 unspecified atom stereocenters. The van der Waals surface area contributed by atoms with Crippen molar-refractivity contribution < 1.29 is 14.3 Å². The number of carbonyl (C=O) groups excluding carboxylic acids is 2. The van der Waals surface area contributed by atoms with Crippen molar-refractivity contribution in [2.75, 3.05) is 6.54 Å². The van der Waals surface area contributed by atoms with Crippen LogP contribution in [-0.4, -0.2) is 24.0 Å². The Bertz CT molecular complexity index is 290. The number of rotatable bonds is 4. The quantitative estimate of drug-likeness (QED) is 0.822. The molecule has 1 atom stereocenters. The third-order valence-corrected chi connectivity index (χ3v) is 3.11. The van der Waals surface area contributed by atoms with E-state index in [-0.39, 0.29) is 11.7 Å². The summed E-state index contributed by atoms with van der Waals surface area (Å²) < 4.78 is 5.14. The van der Waals surface area contributed by atoms with Crippen molar-refractivity contribution in [1.29, 1.82) is 0 Å². The van der Waals surface area contributed by atoms with Crippen LogP contribution in [0.3, 0.4) is 0 Å². The van der Waals surface area contributed by atoms with Crippen molar-refractivity contribution in [1.82, 2.24) is 5.32 Å². The van der Waals surface area contributed by atoms with Gasteiger partial charge in [-0.05, 0) is 46.5 Å². The number of hydrogen-bond acceptors (Lipinski definition) is 3. The number of alkyl carbamates (subject to hydrolysis) is 1. The number of Topliss-reactive ketones (excluding diaryl/α,β-unsaturated/α-hetero) is 1. The Morgan fingerprint density at radius 1 is 1.35 bits per heavy atom. The molecular formula is C13H23NO3. The normalized spacial score (nSPS) is 18.1. The van der Waals surface area contributed by atoms with E-state index in [0.29, 0.717) is 12.5 Å². The molecule has 0 aromatic carbocycles. The second-order valence-corrected chi connectivity index (χ2v) is 5.79. The molecule has 1 aliphatic carbocycles. The van der Waals surface area contributed by atoms with E-state index in [4.69, 9.17) is 4.74 Å². The molecule has 0 aromatic heterocycles. The average molecular weight is 241 g/mol. The largest absolute Gasteiger partial charge is 0.444 e. The van der Waals surface area contributed by atoms with Crippen molar-refractivity contribution in [3.05, 3.63) is 0 Å². The van der Waals surface area contributed by atoms with Gasteiger partial charge in [-0.15, -0.1) is 0 Å². The van der Waals surface area contributed by atoms with Gasteiger partial charge in [0.2, 0.25) is 0 Å². The molecule has 17 heavy (non-hydrogen) atoms. The zero-order chi connectivity index (χ0) is 13.1. The van der Waals surface area contributed by atoms with Crippen LogP contribution in [0.2, 0.25) is 0 Å². The van der Waals surface area contributed by atoms with E-state index in [1.807, 2.05) is 20.8 Å². The number of ketones is 1. The van der Waals surface area contributed by atoms with Crippen molar-refractivity contribution in [3.63, 3.8) is 0 Å². The fraction of sp³-hybridized carbons (Fsp3) is 0.846. The van der Waals surface area contributed by atoms with Gasteiger partial charge in [-0.3, -0.25) is 4.79 Å². The maximum Gasteiger partial charge on any atom is 0.407 e. The molecule has 0 aliphatic heterocycles. The molecule has 1 saturated carbocycles. The highest BCUT2D eigenvalue weighted by atomic mass is 16.6. The molecule has 0 spiro atoms. The summed E-state index contributed by atoms with van der Waals surface area (Å²) in [5.41, 5.74) is -0.494. The molecule has 0 bridgehead atoms. The monoisotopic (exact) mass is 241 g/mol. The Morgan fingerprint density at radius 3 is 2.29 bits per heavy atom. The lowest BCUT2D eigenvalue weighted by molar-refractivity contribution is -0.123. The lowest BCUT2D eigenvalue weighted by Crippen LogP contribution is -2.40. The van der Waals surface area contributed by atoms with Crippen LogP contribution < -0.4 is 5.32 Å². The summed E-state index contributed by atoms with van der Waals surface area (Å²) in [7, 11) is 0. The molecule has 0 heterocycles. The molecule has 1 fully saturated rings. The Hall–Kier alpha value is -1.06. The number of carbonyl (C=O) groups is 2. The smallest absolute Gasteiger partial charge is 0.407 e. The van der Waals surface area contributed by atoms with Crippen LogP contribution in [0.1, 0.15) is 47.0 Å². The Labute approximate surface area is 103 Å². The molecule has 1 rings (SSSR count). The standard InChI is InChI=1S/C13H23NO3/c1-9(15)11(10-6-5-7-10)8-14-12(16)17-13(2,3)4/h10-11H,5-8H2,1-4H3,(H,14,16). The van der Waals surface area contributed by atoms with Gasteiger partial charge in [0.1, 0.15) is 11.4 Å². The minimum absolute atomic E-state index is 0.0451. The van der Waals surface area contributed by atoms with E-state index in [1.165, 1.54) is 6.42 Å². The SMILES string of the molecule is CC(=O)C(CNC(=O)OC(C)(C)C)C1CCC1. The minimum atomic E-state index is -0.494. The predicted octanol–water partition coefficient (Wildman–Crippen LogP) is 2.52. The fourth-order valence-corrected chi connectivity index (χ4v) is 1.99. The summed E-state index contributed by atoms with van der Waals surface area (Å²) in [5.74, 6) is 0.560. The fourth-order valence-electron chi connectivity index (χ4n) is 1.99. The third-order valence-electron chi connectivity index (χ3n) is 3.11. The molecule has 0 saturated heterocycles. The first kappa shape index (κ1) is 14.0. The lowest BCUT2D eigenvalue weighted by atomic mass is 9.74. The van der Waals surface area contributed by atoms with E-state index >= 15 is 0 Å². The molecule has 0 aromatic rings. The second-order valence-electron chi connectivity index (χ2n) is 5.79. The Morgan fingerprint density at radius 2 is 1.94 bits per heavy atom. The zero-order valence-corrected chi connectivity index (χ0v) is 11.2. The summed E-state index contributed by atoms with van der Waals surface area (Å²) in [6.07, 6.45) is 2.95. The van der Waals surface area contributed by atoms with Gasteiger partial charge in [-0.25, -0.2) is 4.79 Å². The van der Waals surface area contributed by atoms with E-state index in [0.717, 1.165) is 12.8 Å². The summed E-state index contributed by atoms with van der Waals surface area (Å²) in [5, 5.41) is 2.69. The molecule has 1 amide bonds. The van der Waals surface area contributed by atoms with Crippen molar-refractivity contribution in [2.24, 2.45) is 11.8 Å². The predicted molar refractivity (Wildman–Crippen MR) is 65.7 cm³/mol. The van der Waals surface area contributed by atoms with E-state index in [1.54, 1.807) is 6.92 Å².